The van der Waals surface area contributed by atoms with Crippen molar-refractivity contribution in [1.29, 1.82) is 0 Å². The number of hydrogen-bond acceptors (Lipinski definition) is 2. The van der Waals surface area contributed by atoms with Crippen LogP contribution in [0.15, 0.2) is 18.2 Å². The van der Waals surface area contributed by atoms with Gasteiger partial charge in [0.25, 0.3) is 5.91 Å². The van der Waals surface area contributed by atoms with E-state index in [1.807, 2.05) is 12.1 Å². The quantitative estimate of drug-likeness (QED) is 0.684. The van der Waals surface area contributed by atoms with Crippen molar-refractivity contribution in [2.45, 2.75) is 19.3 Å². The lowest BCUT2D eigenvalue weighted by Gasteiger charge is -2.05. The normalized spacial score (nSPS) is 13.8. The second-order valence-electron chi connectivity index (χ2n) is 3.54. The van der Waals surface area contributed by atoms with Crippen molar-refractivity contribution in [3.8, 4) is 0 Å². The van der Waals surface area contributed by atoms with E-state index in [0.717, 1.165) is 18.4 Å². The fourth-order valence-electron chi connectivity index (χ4n) is 1.90. The Labute approximate surface area is 83.5 Å². The van der Waals surface area contributed by atoms with Crippen LogP contribution in [-0.4, -0.2) is 13.0 Å². The molecule has 1 aromatic rings. The van der Waals surface area contributed by atoms with Gasteiger partial charge < -0.3 is 0 Å². The fraction of sp³-hybridized carbons (Fsp3) is 0.364. The topological polar surface area (TPSA) is 41.1 Å². The standard InChI is InChI=1S/C11H14N2O/c1-12-13-11(14)10-6-5-8-3-2-4-9(8)7-10/h5-7,12H,2-4H2,1H3,(H,13,14). The zero-order valence-corrected chi connectivity index (χ0v) is 8.26. The number of benzene rings is 1. The first-order valence-corrected chi connectivity index (χ1v) is 4.90. The SMILES string of the molecule is CNNC(=O)c1ccc2c(c1)CCC2. The van der Waals surface area contributed by atoms with Gasteiger partial charge in [0.05, 0.1) is 0 Å². The van der Waals surface area contributed by atoms with Crippen LogP contribution in [0.3, 0.4) is 0 Å². The Morgan fingerprint density at radius 3 is 2.86 bits per heavy atom. The average Bonchev–Trinajstić information content (AvgIpc) is 2.64. The van der Waals surface area contributed by atoms with E-state index in [9.17, 15) is 4.79 Å². The summed E-state index contributed by atoms with van der Waals surface area (Å²) in [7, 11) is 1.69. The monoisotopic (exact) mass is 190 g/mol. The molecule has 1 amide bonds. The molecule has 0 aromatic heterocycles. The Morgan fingerprint density at radius 1 is 1.29 bits per heavy atom. The summed E-state index contributed by atoms with van der Waals surface area (Å²) in [5.41, 5.74) is 8.66. The summed E-state index contributed by atoms with van der Waals surface area (Å²) < 4.78 is 0. The maximum absolute atomic E-state index is 11.5. The van der Waals surface area contributed by atoms with Crippen LogP contribution < -0.4 is 10.9 Å². The number of amides is 1. The molecule has 3 nitrogen and oxygen atoms in total. The van der Waals surface area contributed by atoms with Gasteiger partial charge in [-0.2, -0.15) is 0 Å². The highest BCUT2D eigenvalue weighted by Gasteiger charge is 2.13. The Balaban J connectivity index is 2.24. The number of hydrazine groups is 1. The van der Waals surface area contributed by atoms with Crippen LogP contribution >= 0.6 is 0 Å². The summed E-state index contributed by atoms with van der Waals surface area (Å²) in [4.78, 5) is 11.5. The van der Waals surface area contributed by atoms with Crippen molar-refractivity contribution in [3.05, 3.63) is 34.9 Å². The van der Waals surface area contributed by atoms with Crippen LogP contribution in [0.1, 0.15) is 27.9 Å². The number of hydrogen-bond donors (Lipinski definition) is 2. The molecular weight excluding hydrogens is 176 g/mol. The van der Waals surface area contributed by atoms with Gasteiger partial charge in [0, 0.05) is 12.6 Å². The molecule has 0 atom stereocenters. The molecule has 0 unspecified atom stereocenters. The van der Waals surface area contributed by atoms with Crippen LogP contribution in [0.25, 0.3) is 0 Å². The molecular formula is C11H14N2O. The molecule has 0 bridgehead atoms. The van der Waals surface area contributed by atoms with Gasteiger partial charge in [-0.1, -0.05) is 6.07 Å². The number of nitrogens with one attached hydrogen (secondary N) is 2. The van der Waals surface area contributed by atoms with Gasteiger partial charge in [0.2, 0.25) is 0 Å². The van der Waals surface area contributed by atoms with Gasteiger partial charge in [0.1, 0.15) is 0 Å². The number of fused-ring (bicyclic) bond motifs is 1. The number of aryl methyl sites for hydroxylation is 2. The maximum atomic E-state index is 11.5. The van der Waals surface area contributed by atoms with Crippen molar-refractivity contribution >= 4 is 5.91 Å². The lowest BCUT2D eigenvalue weighted by Crippen LogP contribution is -2.34. The summed E-state index contributed by atoms with van der Waals surface area (Å²) in [6, 6.07) is 5.94. The Morgan fingerprint density at radius 2 is 2.07 bits per heavy atom. The fourth-order valence-corrected chi connectivity index (χ4v) is 1.90. The highest BCUT2D eigenvalue weighted by atomic mass is 16.2. The highest BCUT2D eigenvalue weighted by Crippen LogP contribution is 2.22. The molecule has 0 heterocycles. The summed E-state index contributed by atoms with van der Waals surface area (Å²) >= 11 is 0. The van der Waals surface area contributed by atoms with Crippen LogP contribution in [0.2, 0.25) is 0 Å². The van der Waals surface area contributed by atoms with E-state index in [1.54, 1.807) is 7.05 Å². The van der Waals surface area contributed by atoms with Crippen molar-refractivity contribution in [1.82, 2.24) is 10.9 Å². The molecule has 1 aliphatic rings. The molecule has 74 valence electrons. The van der Waals surface area contributed by atoms with Crippen LogP contribution in [0.5, 0.6) is 0 Å². The van der Waals surface area contributed by atoms with Gasteiger partial charge in [-0.15, -0.1) is 0 Å². The van der Waals surface area contributed by atoms with E-state index in [1.165, 1.54) is 17.5 Å². The van der Waals surface area contributed by atoms with Crippen LogP contribution in [0.4, 0.5) is 0 Å². The second-order valence-corrected chi connectivity index (χ2v) is 3.54. The second kappa shape index (κ2) is 3.80. The summed E-state index contributed by atoms with van der Waals surface area (Å²) in [6.45, 7) is 0. The molecule has 0 saturated carbocycles. The summed E-state index contributed by atoms with van der Waals surface area (Å²) in [6.07, 6.45) is 3.48. The lowest BCUT2D eigenvalue weighted by atomic mass is 10.1. The maximum Gasteiger partial charge on any atom is 0.265 e. The van der Waals surface area contributed by atoms with Crippen LogP contribution in [-0.2, 0) is 12.8 Å². The third kappa shape index (κ3) is 1.63. The van der Waals surface area contributed by atoms with E-state index in [-0.39, 0.29) is 5.91 Å². The highest BCUT2D eigenvalue weighted by molar-refractivity contribution is 5.94. The van der Waals surface area contributed by atoms with Crippen LogP contribution in [0, 0.1) is 0 Å². The predicted octanol–water partition coefficient (Wildman–Crippen LogP) is 1.04. The van der Waals surface area contributed by atoms with Crippen molar-refractivity contribution in [2.75, 3.05) is 7.05 Å². The average molecular weight is 190 g/mol. The van der Waals surface area contributed by atoms with Crippen molar-refractivity contribution in [3.63, 3.8) is 0 Å². The number of carbonyl (C=O) groups is 1. The van der Waals surface area contributed by atoms with Gasteiger partial charge in [-0.25, -0.2) is 5.43 Å². The number of carbonyl (C=O) groups excluding carboxylic acids is 1. The molecule has 3 heteroatoms. The molecule has 2 rings (SSSR count). The first kappa shape index (κ1) is 9.21. The molecule has 2 N–H and O–H groups in total. The zero-order valence-electron chi connectivity index (χ0n) is 8.26. The molecule has 0 radical (unpaired) electrons. The Kier molecular flexibility index (Phi) is 2.50. The van der Waals surface area contributed by atoms with Crippen molar-refractivity contribution in [2.24, 2.45) is 0 Å². The van der Waals surface area contributed by atoms with Gasteiger partial charge in [0.15, 0.2) is 0 Å². The van der Waals surface area contributed by atoms with E-state index in [2.05, 4.69) is 16.9 Å². The molecule has 0 fully saturated rings. The molecule has 1 aromatic carbocycles. The molecule has 14 heavy (non-hydrogen) atoms. The third-order valence-electron chi connectivity index (χ3n) is 2.60. The van der Waals surface area contributed by atoms with Gasteiger partial charge in [-0.3, -0.25) is 10.2 Å². The lowest BCUT2D eigenvalue weighted by molar-refractivity contribution is 0.0938. The summed E-state index contributed by atoms with van der Waals surface area (Å²) in [5.74, 6) is -0.0674. The minimum absolute atomic E-state index is 0.0674. The van der Waals surface area contributed by atoms with E-state index in [0.29, 0.717) is 0 Å². The van der Waals surface area contributed by atoms with E-state index < -0.39 is 0 Å². The van der Waals surface area contributed by atoms with Gasteiger partial charge in [-0.05, 0) is 42.5 Å². The first-order valence-electron chi connectivity index (χ1n) is 4.90. The smallest absolute Gasteiger partial charge is 0.265 e. The molecule has 0 saturated heterocycles. The summed E-state index contributed by atoms with van der Waals surface area (Å²) in [5, 5.41) is 0. The Bertz CT molecular complexity index is 360. The number of rotatable bonds is 2. The largest absolute Gasteiger partial charge is 0.288 e. The first-order chi connectivity index (χ1) is 6.81. The Hall–Kier alpha value is -1.35. The van der Waals surface area contributed by atoms with Gasteiger partial charge >= 0.3 is 0 Å². The van der Waals surface area contributed by atoms with Crippen molar-refractivity contribution < 1.29 is 4.79 Å². The van der Waals surface area contributed by atoms with E-state index in [4.69, 9.17) is 0 Å². The predicted molar refractivity (Wildman–Crippen MR) is 55.0 cm³/mol. The molecule has 0 aliphatic heterocycles. The molecule has 1 aliphatic carbocycles. The zero-order chi connectivity index (χ0) is 9.97. The third-order valence-corrected chi connectivity index (χ3v) is 2.60. The molecule has 0 spiro atoms. The van der Waals surface area contributed by atoms with E-state index >= 15 is 0 Å². The minimum Gasteiger partial charge on any atom is -0.288 e. The minimum atomic E-state index is -0.0674.